The first-order valence-corrected chi connectivity index (χ1v) is 12.8. The van der Waals surface area contributed by atoms with Gasteiger partial charge in [0.05, 0.1) is 11.1 Å². The molecule has 0 aromatic heterocycles. The molecule has 0 aliphatic rings. The maximum absolute atomic E-state index is 6.41. The smallest absolute Gasteiger partial charge is 0.401 e. The van der Waals surface area contributed by atoms with E-state index in [4.69, 9.17) is 28.4 Å². The Hall–Kier alpha value is -4.78. The Morgan fingerprint density at radius 3 is 0.875 bits per heavy atom. The number of benzene rings is 5. The van der Waals surface area contributed by atoms with Gasteiger partial charge in [-0.15, -0.1) is 0 Å². The highest BCUT2D eigenvalue weighted by atomic mass is 16.9. The van der Waals surface area contributed by atoms with Crippen LogP contribution in [0.25, 0.3) is 0 Å². The van der Waals surface area contributed by atoms with Crippen LogP contribution in [0, 0.1) is 0 Å². The third kappa shape index (κ3) is 6.10. The highest BCUT2D eigenvalue weighted by Crippen LogP contribution is 2.37. The standard InChI is InChI=1S/C34H30O6/c1-35-33(37-29-18-7-3-8-19-29,38-30-20-9-4-10-21-30)27-16-15-17-28(26-27)34(36-2,39-31-22-11-5-12-23-31)40-32-24-13-6-14-25-32/h3-26H,1-2H3. The van der Waals surface area contributed by atoms with Crippen LogP contribution in [0.2, 0.25) is 0 Å². The van der Waals surface area contributed by atoms with Crippen molar-refractivity contribution in [3.63, 3.8) is 0 Å². The molecule has 0 saturated carbocycles. The topological polar surface area (TPSA) is 55.4 Å². The van der Waals surface area contributed by atoms with Crippen LogP contribution < -0.4 is 18.9 Å². The first-order chi connectivity index (χ1) is 19.6. The Morgan fingerprint density at radius 1 is 0.350 bits per heavy atom. The van der Waals surface area contributed by atoms with Gasteiger partial charge < -0.3 is 28.4 Å². The second-order valence-corrected chi connectivity index (χ2v) is 8.76. The lowest BCUT2D eigenvalue weighted by Crippen LogP contribution is -2.44. The molecular formula is C34H30O6. The number of methoxy groups -OCH3 is 2. The van der Waals surface area contributed by atoms with Crippen molar-refractivity contribution in [1.82, 2.24) is 0 Å². The maximum atomic E-state index is 6.41. The average Bonchev–Trinajstić information content (AvgIpc) is 3.02. The molecule has 0 heterocycles. The third-order valence-electron chi connectivity index (χ3n) is 6.09. The Bertz CT molecular complexity index is 1270. The van der Waals surface area contributed by atoms with Crippen LogP contribution in [0.1, 0.15) is 11.1 Å². The van der Waals surface area contributed by atoms with Gasteiger partial charge in [-0.1, -0.05) is 78.9 Å². The van der Waals surface area contributed by atoms with Crippen molar-refractivity contribution in [1.29, 1.82) is 0 Å². The van der Waals surface area contributed by atoms with Crippen LogP contribution in [0.5, 0.6) is 23.0 Å². The van der Waals surface area contributed by atoms with Crippen molar-refractivity contribution < 1.29 is 28.4 Å². The summed E-state index contributed by atoms with van der Waals surface area (Å²) in [6.45, 7) is 0. The van der Waals surface area contributed by atoms with Crippen LogP contribution in [-0.2, 0) is 21.4 Å². The summed E-state index contributed by atoms with van der Waals surface area (Å²) in [5.74, 6) is -1.07. The molecule has 0 saturated heterocycles. The van der Waals surface area contributed by atoms with Crippen LogP contribution >= 0.6 is 0 Å². The van der Waals surface area contributed by atoms with Crippen LogP contribution in [0.4, 0.5) is 0 Å². The molecule has 0 fully saturated rings. The predicted molar refractivity (Wildman–Crippen MR) is 152 cm³/mol. The molecule has 0 unspecified atom stereocenters. The van der Waals surface area contributed by atoms with Gasteiger partial charge in [-0.2, -0.15) is 0 Å². The van der Waals surface area contributed by atoms with Crippen molar-refractivity contribution in [2.24, 2.45) is 0 Å². The normalized spacial score (nSPS) is 11.4. The van der Waals surface area contributed by atoms with Crippen molar-refractivity contribution in [2.45, 2.75) is 11.9 Å². The van der Waals surface area contributed by atoms with Gasteiger partial charge in [0, 0.05) is 14.2 Å². The summed E-state index contributed by atoms with van der Waals surface area (Å²) < 4.78 is 37.7. The summed E-state index contributed by atoms with van der Waals surface area (Å²) in [7, 11) is 3.06. The third-order valence-corrected chi connectivity index (χ3v) is 6.09. The van der Waals surface area contributed by atoms with E-state index in [1.54, 1.807) is 0 Å². The summed E-state index contributed by atoms with van der Waals surface area (Å²) >= 11 is 0. The molecule has 6 heteroatoms. The van der Waals surface area contributed by atoms with Gasteiger partial charge in [-0.25, -0.2) is 0 Å². The van der Waals surface area contributed by atoms with E-state index >= 15 is 0 Å². The van der Waals surface area contributed by atoms with E-state index in [1.165, 1.54) is 14.2 Å². The van der Waals surface area contributed by atoms with Crippen LogP contribution in [0.15, 0.2) is 146 Å². The molecule has 6 nitrogen and oxygen atoms in total. The molecule has 0 radical (unpaired) electrons. The fourth-order valence-electron chi connectivity index (χ4n) is 4.15. The first-order valence-electron chi connectivity index (χ1n) is 12.8. The van der Waals surface area contributed by atoms with Crippen LogP contribution in [-0.4, -0.2) is 14.2 Å². The average molecular weight is 535 g/mol. The Labute approximate surface area is 234 Å². The molecule has 0 aliphatic heterocycles. The van der Waals surface area contributed by atoms with Gasteiger partial charge in [0.15, 0.2) is 0 Å². The highest BCUT2D eigenvalue weighted by Gasteiger charge is 2.43. The summed E-state index contributed by atoms with van der Waals surface area (Å²) in [4.78, 5) is 0. The predicted octanol–water partition coefficient (Wildman–Crippen LogP) is 7.52. The summed E-state index contributed by atoms with van der Waals surface area (Å²) in [6, 6.07) is 44.8. The fraction of sp³-hybridized carbons (Fsp3) is 0.118. The monoisotopic (exact) mass is 534 g/mol. The molecule has 5 rings (SSSR count). The number of ether oxygens (including phenoxy) is 6. The highest BCUT2D eigenvalue weighted by molar-refractivity contribution is 5.34. The lowest BCUT2D eigenvalue weighted by atomic mass is 10.1. The SMILES string of the molecule is COC(Oc1ccccc1)(Oc1ccccc1)c1cccc(C(OC)(Oc2ccccc2)Oc2ccccc2)c1. The van der Waals surface area contributed by atoms with E-state index < -0.39 is 11.9 Å². The molecular weight excluding hydrogens is 504 g/mol. The number of hydrogen-bond acceptors (Lipinski definition) is 6. The molecule has 5 aromatic carbocycles. The molecule has 0 amide bonds. The lowest BCUT2D eigenvalue weighted by molar-refractivity contribution is -0.304. The van der Waals surface area contributed by atoms with Gasteiger partial charge in [-0.3, -0.25) is 0 Å². The Kier molecular flexibility index (Phi) is 8.30. The summed E-state index contributed by atoms with van der Waals surface area (Å²) in [5, 5.41) is 0. The minimum atomic E-state index is -1.66. The summed E-state index contributed by atoms with van der Waals surface area (Å²) in [6.07, 6.45) is 0. The van der Waals surface area contributed by atoms with Gasteiger partial charge in [-0.05, 0) is 66.7 Å². The van der Waals surface area contributed by atoms with Crippen molar-refractivity contribution >= 4 is 0 Å². The fourth-order valence-corrected chi connectivity index (χ4v) is 4.15. The molecule has 5 aromatic rings. The zero-order valence-corrected chi connectivity index (χ0v) is 22.3. The Morgan fingerprint density at radius 2 is 0.625 bits per heavy atom. The molecule has 0 spiro atoms. The zero-order valence-electron chi connectivity index (χ0n) is 22.3. The van der Waals surface area contributed by atoms with Gasteiger partial charge in [0.1, 0.15) is 23.0 Å². The molecule has 0 bridgehead atoms. The molecule has 40 heavy (non-hydrogen) atoms. The lowest BCUT2D eigenvalue weighted by Gasteiger charge is -2.35. The molecule has 0 N–H and O–H groups in total. The zero-order chi connectivity index (χ0) is 27.7. The first kappa shape index (κ1) is 26.8. The van der Waals surface area contributed by atoms with Crippen molar-refractivity contribution in [2.75, 3.05) is 14.2 Å². The van der Waals surface area contributed by atoms with E-state index in [1.807, 2.05) is 146 Å². The van der Waals surface area contributed by atoms with E-state index in [9.17, 15) is 0 Å². The van der Waals surface area contributed by atoms with Gasteiger partial charge in [0.25, 0.3) is 0 Å². The minimum absolute atomic E-state index is 0.551. The van der Waals surface area contributed by atoms with Crippen molar-refractivity contribution in [3.05, 3.63) is 157 Å². The quantitative estimate of drug-likeness (QED) is 0.154. The molecule has 0 atom stereocenters. The number of rotatable bonds is 12. The molecule has 202 valence electrons. The van der Waals surface area contributed by atoms with E-state index in [0.717, 1.165) is 0 Å². The number of hydrogen-bond donors (Lipinski definition) is 0. The van der Waals surface area contributed by atoms with E-state index in [0.29, 0.717) is 34.1 Å². The van der Waals surface area contributed by atoms with Gasteiger partial charge >= 0.3 is 11.9 Å². The largest absolute Gasteiger partial charge is 0.426 e. The second-order valence-electron chi connectivity index (χ2n) is 8.76. The van der Waals surface area contributed by atoms with E-state index in [2.05, 4.69) is 0 Å². The minimum Gasteiger partial charge on any atom is -0.426 e. The Balaban J connectivity index is 1.62. The molecule has 0 aliphatic carbocycles. The number of para-hydroxylation sites is 4. The van der Waals surface area contributed by atoms with Crippen LogP contribution in [0.3, 0.4) is 0 Å². The summed E-state index contributed by atoms with van der Waals surface area (Å²) in [5.41, 5.74) is 1.10. The van der Waals surface area contributed by atoms with E-state index in [-0.39, 0.29) is 0 Å². The van der Waals surface area contributed by atoms with Gasteiger partial charge in [0.2, 0.25) is 0 Å². The maximum Gasteiger partial charge on any atom is 0.401 e. The second kappa shape index (κ2) is 12.4. The van der Waals surface area contributed by atoms with Crippen molar-refractivity contribution in [3.8, 4) is 23.0 Å².